The Morgan fingerprint density at radius 3 is 2.67 bits per heavy atom. The maximum atomic E-state index is 12.1. The number of hydrogen-bond acceptors (Lipinski definition) is 3. The fourth-order valence-electron chi connectivity index (χ4n) is 2.25. The van der Waals surface area contributed by atoms with Crippen LogP contribution in [0.3, 0.4) is 0 Å². The molecule has 0 saturated heterocycles. The number of aryl methyl sites for hydroxylation is 1. The summed E-state index contributed by atoms with van der Waals surface area (Å²) in [5.74, 6) is 0. The summed E-state index contributed by atoms with van der Waals surface area (Å²) in [5.41, 5.74) is 9.24. The number of nitrogen functional groups attached to an aromatic ring is 1. The van der Waals surface area contributed by atoms with Gasteiger partial charge in [0.25, 0.3) is 0 Å². The van der Waals surface area contributed by atoms with Crippen molar-refractivity contribution in [1.29, 1.82) is 0 Å². The van der Waals surface area contributed by atoms with Gasteiger partial charge in [-0.25, -0.2) is 4.79 Å². The predicted octanol–water partition coefficient (Wildman–Crippen LogP) is 2.87. The summed E-state index contributed by atoms with van der Waals surface area (Å²) in [4.78, 5) is 13.7. The molecule has 1 heterocycles. The van der Waals surface area contributed by atoms with E-state index in [0.717, 1.165) is 23.2 Å². The summed E-state index contributed by atoms with van der Waals surface area (Å²) in [6.07, 6.45) is 0.511. The second kappa shape index (κ2) is 4.19. The Labute approximate surface area is 108 Å². The quantitative estimate of drug-likeness (QED) is 0.718. The number of nitrogens with zero attached hydrogens (tertiary/aromatic N) is 1. The molecule has 0 spiro atoms. The molecule has 0 aliphatic carbocycles. The van der Waals surface area contributed by atoms with Gasteiger partial charge in [-0.3, -0.25) is 4.90 Å². The van der Waals surface area contributed by atoms with Crippen LogP contribution in [0.1, 0.15) is 31.9 Å². The standard InChI is InChI=1S/C14H20N2O2/c1-9-7-10-5-6-16(12(10)11(15)8-9)13(17)18-14(2,3)4/h7-8H,5-6,15H2,1-4H3. The van der Waals surface area contributed by atoms with Crippen molar-refractivity contribution in [1.82, 2.24) is 0 Å². The highest BCUT2D eigenvalue weighted by Crippen LogP contribution is 2.35. The molecule has 0 atom stereocenters. The molecule has 0 aromatic heterocycles. The van der Waals surface area contributed by atoms with Crippen LogP contribution in [0.2, 0.25) is 0 Å². The smallest absolute Gasteiger partial charge is 0.414 e. The Kier molecular flexibility index (Phi) is 2.97. The molecule has 4 nitrogen and oxygen atoms in total. The number of fused-ring (bicyclic) bond motifs is 1. The van der Waals surface area contributed by atoms with Gasteiger partial charge in [0.1, 0.15) is 5.60 Å². The van der Waals surface area contributed by atoms with Crippen LogP contribution in [0.5, 0.6) is 0 Å². The van der Waals surface area contributed by atoms with Crippen LogP contribution >= 0.6 is 0 Å². The molecule has 1 aliphatic heterocycles. The van der Waals surface area contributed by atoms with Gasteiger partial charge in [-0.15, -0.1) is 0 Å². The monoisotopic (exact) mass is 248 g/mol. The second-order valence-corrected chi connectivity index (χ2v) is 5.74. The van der Waals surface area contributed by atoms with Gasteiger partial charge < -0.3 is 10.5 Å². The maximum Gasteiger partial charge on any atom is 0.414 e. The molecule has 4 heteroatoms. The summed E-state index contributed by atoms with van der Waals surface area (Å²) in [6.45, 7) is 8.23. The number of benzene rings is 1. The van der Waals surface area contributed by atoms with Gasteiger partial charge in [0.15, 0.2) is 0 Å². The third-order valence-corrected chi connectivity index (χ3v) is 2.85. The van der Waals surface area contributed by atoms with Crippen LogP contribution < -0.4 is 10.6 Å². The predicted molar refractivity (Wildman–Crippen MR) is 72.9 cm³/mol. The molecule has 0 saturated carbocycles. The fraction of sp³-hybridized carbons (Fsp3) is 0.500. The van der Waals surface area contributed by atoms with Gasteiger partial charge in [0, 0.05) is 6.54 Å². The van der Waals surface area contributed by atoms with E-state index in [0.29, 0.717) is 12.2 Å². The lowest BCUT2D eigenvalue weighted by Gasteiger charge is -2.25. The Morgan fingerprint density at radius 2 is 2.06 bits per heavy atom. The van der Waals surface area contributed by atoms with Crippen LogP contribution in [-0.4, -0.2) is 18.2 Å². The zero-order valence-corrected chi connectivity index (χ0v) is 11.4. The first-order valence-electron chi connectivity index (χ1n) is 6.17. The lowest BCUT2D eigenvalue weighted by Crippen LogP contribution is -2.36. The van der Waals surface area contributed by atoms with E-state index in [2.05, 4.69) is 6.07 Å². The Morgan fingerprint density at radius 1 is 1.39 bits per heavy atom. The number of nitrogens with two attached hydrogens (primary N) is 1. The highest BCUT2D eigenvalue weighted by atomic mass is 16.6. The normalized spacial score (nSPS) is 14.6. The minimum atomic E-state index is -0.487. The van der Waals surface area contributed by atoms with E-state index in [1.54, 1.807) is 4.90 Å². The van der Waals surface area contributed by atoms with Crippen molar-refractivity contribution in [2.24, 2.45) is 0 Å². The molecule has 1 aromatic rings. The van der Waals surface area contributed by atoms with E-state index in [4.69, 9.17) is 10.5 Å². The maximum absolute atomic E-state index is 12.1. The summed E-state index contributed by atoms with van der Waals surface area (Å²) in [5, 5.41) is 0. The molecule has 0 fully saturated rings. The van der Waals surface area contributed by atoms with Gasteiger partial charge in [-0.2, -0.15) is 0 Å². The Balaban J connectivity index is 2.29. The highest BCUT2D eigenvalue weighted by molar-refractivity contribution is 5.95. The van der Waals surface area contributed by atoms with Crippen molar-refractivity contribution in [3.63, 3.8) is 0 Å². The molecule has 98 valence electrons. The molecular formula is C14H20N2O2. The highest BCUT2D eigenvalue weighted by Gasteiger charge is 2.30. The SMILES string of the molecule is Cc1cc(N)c2c(c1)CCN2C(=O)OC(C)(C)C. The molecule has 18 heavy (non-hydrogen) atoms. The molecule has 2 rings (SSSR count). The van der Waals surface area contributed by atoms with E-state index in [9.17, 15) is 4.79 Å². The first-order chi connectivity index (χ1) is 8.28. The van der Waals surface area contributed by atoms with E-state index in [-0.39, 0.29) is 6.09 Å². The van der Waals surface area contributed by atoms with Gasteiger partial charge in [0.05, 0.1) is 11.4 Å². The fourth-order valence-corrected chi connectivity index (χ4v) is 2.25. The van der Waals surface area contributed by atoms with Crippen LogP contribution in [0.25, 0.3) is 0 Å². The number of ether oxygens (including phenoxy) is 1. The van der Waals surface area contributed by atoms with Crippen LogP contribution in [0.15, 0.2) is 12.1 Å². The average Bonchev–Trinajstić information content (AvgIpc) is 2.58. The van der Waals surface area contributed by atoms with E-state index >= 15 is 0 Å². The first kappa shape index (κ1) is 12.7. The second-order valence-electron chi connectivity index (χ2n) is 5.74. The van der Waals surface area contributed by atoms with E-state index < -0.39 is 5.60 Å². The zero-order valence-electron chi connectivity index (χ0n) is 11.4. The summed E-state index contributed by atoms with van der Waals surface area (Å²) in [7, 11) is 0. The van der Waals surface area contributed by atoms with Crippen molar-refractivity contribution in [3.8, 4) is 0 Å². The minimum absolute atomic E-state index is 0.322. The third kappa shape index (κ3) is 2.42. The number of hydrogen-bond donors (Lipinski definition) is 1. The van der Waals surface area contributed by atoms with Crippen LogP contribution in [-0.2, 0) is 11.2 Å². The topological polar surface area (TPSA) is 55.6 Å². The van der Waals surface area contributed by atoms with E-state index in [1.807, 2.05) is 33.8 Å². The minimum Gasteiger partial charge on any atom is -0.443 e. The lowest BCUT2D eigenvalue weighted by atomic mass is 10.1. The molecule has 1 aliphatic rings. The number of anilines is 2. The van der Waals surface area contributed by atoms with Crippen LogP contribution in [0.4, 0.5) is 16.2 Å². The zero-order chi connectivity index (χ0) is 13.5. The van der Waals surface area contributed by atoms with Crippen molar-refractivity contribution in [3.05, 3.63) is 23.3 Å². The summed E-state index contributed by atoms with van der Waals surface area (Å²) >= 11 is 0. The van der Waals surface area contributed by atoms with Crippen molar-refractivity contribution in [2.45, 2.75) is 39.7 Å². The van der Waals surface area contributed by atoms with Crippen molar-refractivity contribution >= 4 is 17.5 Å². The third-order valence-electron chi connectivity index (χ3n) is 2.85. The van der Waals surface area contributed by atoms with E-state index in [1.165, 1.54) is 0 Å². The van der Waals surface area contributed by atoms with Crippen molar-refractivity contribution in [2.75, 3.05) is 17.2 Å². The van der Waals surface area contributed by atoms with Gasteiger partial charge in [0.2, 0.25) is 0 Å². The van der Waals surface area contributed by atoms with Gasteiger partial charge in [-0.05, 0) is 51.3 Å². The first-order valence-corrected chi connectivity index (χ1v) is 6.17. The Hall–Kier alpha value is -1.71. The number of carbonyl (C=O) groups is 1. The number of rotatable bonds is 0. The molecule has 2 N–H and O–H groups in total. The Bertz CT molecular complexity index is 489. The number of carbonyl (C=O) groups excluding carboxylic acids is 1. The summed E-state index contributed by atoms with van der Waals surface area (Å²) < 4.78 is 5.40. The molecule has 0 bridgehead atoms. The largest absolute Gasteiger partial charge is 0.443 e. The lowest BCUT2D eigenvalue weighted by molar-refractivity contribution is 0.0584. The number of amides is 1. The van der Waals surface area contributed by atoms with Crippen LogP contribution in [0, 0.1) is 6.92 Å². The summed E-state index contributed by atoms with van der Waals surface area (Å²) in [6, 6.07) is 3.97. The van der Waals surface area contributed by atoms with Gasteiger partial charge >= 0.3 is 6.09 Å². The van der Waals surface area contributed by atoms with Gasteiger partial charge in [-0.1, -0.05) is 6.07 Å². The molecule has 1 amide bonds. The van der Waals surface area contributed by atoms with Crippen molar-refractivity contribution < 1.29 is 9.53 Å². The molecule has 1 aromatic carbocycles. The molecular weight excluding hydrogens is 228 g/mol. The molecule has 0 unspecified atom stereocenters. The average molecular weight is 248 g/mol. The molecule has 0 radical (unpaired) electrons.